The summed E-state index contributed by atoms with van der Waals surface area (Å²) in [5.41, 5.74) is -0.707. The second kappa shape index (κ2) is 5.27. The highest BCUT2D eigenvalue weighted by Gasteiger charge is 2.40. The van der Waals surface area contributed by atoms with E-state index in [0.717, 1.165) is 6.07 Å². The fourth-order valence-electron chi connectivity index (χ4n) is 2.59. The van der Waals surface area contributed by atoms with Crippen LogP contribution in [0.25, 0.3) is 0 Å². The first-order valence-electron chi connectivity index (χ1n) is 6.08. The number of alkyl halides is 3. The number of hydrogen-bond acceptors (Lipinski definition) is 2. The van der Waals surface area contributed by atoms with Crippen molar-refractivity contribution in [3.63, 3.8) is 0 Å². The van der Waals surface area contributed by atoms with E-state index in [4.69, 9.17) is 5.11 Å². The number of hydrogen-bond donors (Lipinski definition) is 1. The van der Waals surface area contributed by atoms with Crippen molar-refractivity contribution in [3.8, 4) is 0 Å². The molecule has 2 unspecified atom stereocenters. The fourth-order valence-corrected chi connectivity index (χ4v) is 2.94. The maximum absolute atomic E-state index is 13.1. The molecule has 1 saturated heterocycles. The van der Waals surface area contributed by atoms with Gasteiger partial charge in [-0.3, -0.25) is 4.79 Å². The normalized spacial score (nSPS) is 23.1. The van der Waals surface area contributed by atoms with E-state index in [-0.39, 0.29) is 5.69 Å². The van der Waals surface area contributed by atoms with Crippen LogP contribution in [-0.2, 0) is 11.0 Å². The molecule has 20 heavy (non-hydrogen) atoms. The molecule has 0 amide bonds. The van der Waals surface area contributed by atoms with Crippen LogP contribution in [0.4, 0.5) is 18.9 Å². The summed E-state index contributed by atoms with van der Waals surface area (Å²) in [7, 11) is 0. The average molecular weight is 352 g/mol. The maximum Gasteiger partial charge on any atom is 0.418 e. The Morgan fingerprint density at radius 3 is 2.60 bits per heavy atom. The monoisotopic (exact) mass is 351 g/mol. The van der Waals surface area contributed by atoms with E-state index in [1.807, 2.05) is 0 Å². The van der Waals surface area contributed by atoms with Crippen LogP contribution >= 0.6 is 15.9 Å². The Bertz CT molecular complexity index is 533. The van der Waals surface area contributed by atoms with Crippen LogP contribution in [0.3, 0.4) is 0 Å². The molecule has 3 nitrogen and oxygen atoms in total. The molecule has 2 rings (SSSR count). The van der Waals surface area contributed by atoms with Crippen molar-refractivity contribution >= 4 is 27.6 Å². The summed E-state index contributed by atoms with van der Waals surface area (Å²) in [6, 6.07) is 3.27. The van der Waals surface area contributed by atoms with Gasteiger partial charge >= 0.3 is 12.1 Å². The van der Waals surface area contributed by atoms with Crippen molar-refractivity contribution in [2.75, 3.05) is 11.4 Å². The molecule has 7 heteroatoms. The first-order valence-corrected chi connectivity index (χ1v) is 6.87. The summed E-state index contributed by atoms with van der Waals surface area (Å²) in [4.78, 5) is 12.6. The number of anilines is 1. The molecule has 2 atom stereocenters. The molecule has 1 N–H and O–H groups in total. The minimum absolute atomic E-state index is 0.0307. The minimum atomic E-state index is -4.46. The van der Waals surface area contributed by atoms with Crippen molar-refractivity contribution in [1.82, 2.24) is 0 Å². The van der Waals surface area contributed by atoms with Gasteiger partial charge in [-0.05, 0) is 31.5 Å². The van der Waals surface area contributed by atoms with E-state index < -0.39 is 29.7 Å². The van der Waals surface area contributed by atoms with Crippen molar-refractivity contribution in [3.05, 3.63) is 28.2 Å². The molecule has 0 spiro atoms. The lowest BCUT2D eigenvalue weighted by Crippen LogP contribution is -2.34. The number of aliphatic carboxylic acids is 1. The van der Waals surface area contributed by atoms with Crippen LogP contribution in [-0.4, -0.2) is 23.7 Å². The van der Waals surface area contributed by atoms with Gasteiger partial charge in [0.2, 0.25) is 0 Å². The Balaban J connectivity index is 2.43. The molecule has 1 aliphatic rings. The third kappa shape index (κ3) is 2.77. The number of benzene rings is 1. The fraction of sp³-hybridized carbons (Fsp3) is 0.462. The number of nitrogens with zero attached hydrogens (tertiary/aromatic N) is 1. The Hall–Kier alpha value is -1.24. The zero-order valence-electron chi connectivity index (χ0n) is 10.6. The summed E-state index contributed by atoms with van der Waals surface area (Å²) < 4.78 is 39.7. The average Bonchev–Trinajstić information content (AvgIpc) is 2.69. The quantitative estimate of drug-likeness (QED) is 0.881. The zero-order valence-corrected chi connectivity index (χ0v) is 12.2. The molecule has 1 fully saturated rings. The second-order valence-electron chi connectivity index (χ2n) is 4.83. The SMILES string of the molecule is CC1C(C(=O)O)CCN1c1cc(Br)ccc1C(F)(F)F. The topological polar surface area (TPSA) is 40.5 Å². The van der Waals surface area contributed by atoms with Crippen LogP contribution in [0.15, 0.2) is 22.7 Å². The van der Waals surface area contributed by atoms with E-state index in [2.05, 4.69) is 15.9 Å². The van der Waals surface area contributed by atoms with Crippen LogP contribution in [0, 0.1) is 5.92 Å². The third-order valence-corrected chi connectivity index (χ3v) is 4.14. The van der Waals surface area contributed by atoms with E-state index in [1.165, 1.54) is 17.0 Å². The standard InChI is InChI=1S/C13H13BrF3NO2/c1-7-9(12(19)20)4-5-18(7)11-6-8(14)2-3-10(11)13(15,16)17/h2-3,6-7,9H,4-5H2,1H3,(H,19,20). The summed E-state index contributed by atoms with van der Waals surface area (Å²) >= 11 is 3.16. The zero-order chi connectivity index (χ0) is 15.1. The molecule has 110 valence electrons. The van der Waals surface area contributed by atoms with E-state index in [9.17, 15) is 18.0 Å². The number of carbonyl (C=O) groups is 1. The Kier molecular flexibility index (Phi) is 4.00. The second-order valence-corrected chi connectivity index (χ2v) is 5.74. The summed E-state index contributed by atoms with van der Waals surface area (Å²) in [5.74, 6) is -1.61. The molecule has 1 aromatic carbocycles. The summed E-state index contributed by atoms with van der Waals surface area (Å²) in [6.07, 6.45) is -4.11. The molecular formula is C13H13BrF3NO2. The van der Waals surface area contributed by atoms with Gasteiger partial charge < -0.3 is 10.0 Å². The predicted octanol–water partition coefficient (Wildman–Crippen LogP) is 3.77. The Labute approximate surface area is 122 Å². The summed E-state index contributed by atoms with van der Waals surface area (Å²) in [5, 5.41) is 9.07. The summed E-state index contributed by atoms with van der Waals surface area (Å²) in [6.45, 7) is 1.95. The van der Waals surface area contributed by atoms with Gasteiger partial charge in [0.05, 0.1) is 17.2 Å². The lowest BCUT2D eigenvalue weighted by Gasteiger charge is -2.28. The molecule has 1 aliphatic heterocycles. The molecule has 1 heterocycles. The first kappa shape index (κ1) is 15.2. The Morgan fingerprint density at radius 1 is 1.45 bits per heavy atom. The van der Waals surface area contributed by atoms with Crippen molar-refractivity contribution < 1.29 is 23.1 Å². The van der Waals surface area contributed by atoms with Crippen molar-refractivity contribution in [1.29, 1.82) is 0 Å². The maximum atomic E-state index is 13.1. The van der Waals surface area contributed by atoms with Crippen molar-refractivity contribution in [2.45, 2.75) is 25.6 Å². The molecule has 0 bridgehead atoms. The van der Waals surface area contributed by atoms with Gasteiger partial charge in [-0.25, -0.2) is 0 Å². The van der Waals surface area contributed by atoms with Crippen LogP contribution in [0.2, 0.25) is 0 Å². The van der Waals surface area contributed by atoms with Gasteiger partial charge in [0, 0.05) is 17.1 Å². The number of carboxylic acid groups (broad SMARTS) is 1. The van der Waals surface area contributed by atoms with Gasteiger partial charge in [0.25, 0.3) is 0 Å². The predicted molar refractivity (Wildman–Crippen MR) is 71.7 cm³/mol. The van der Waals surface area contributed by atoms with Gasteiger partial charge in [-0.2, -0.15) is 13.2 Å². The van der Waals surface area contributed by atoms with Gasteiger partial charge in [0.1, 0.15) is 0 Å². The molecule has 0 saturated carbocycles. The van der Waals surface area contributed by atoms with E-state index in [0.29, 0.717) is 17.4 Å². The van der Waals surface area contributed by atoms with E-state index in [1.54, 1.807) is 6.92 Å². The third-order valence-electron chi connectivity index (χ3n) is 3.65. The highest BCUT2D eigenvalue weighted by Crippen LogP contribution is 2.41. The molecule has 1 aromatic rings. The van der Waals surface area contributed by atoms with E-state index >= 15 is 0 Å². The smallest absolute Gasteiger partial charge is 0.418 e. The van der Waals surface area contributed by atoms with Crippen LogP contribution in [0.5, 0.6) is 0 Å². The molecule has 0 aliphatic carbocycles. The first-order chi connectivity index (χ1) is 9.21. The van der Waals surface area contributed by atoms with Gasteiger partial charge in [-0.1, -0.05) is 15.9 Å². The molecular weight excluding hydrogens is 339 g/mol. The number of carboxylic acids is 1. The highest BCUT2D eigenvalue weighted by atomic mass is 79.9. The van der Waals surface area contributed by atoms with Crippen molar-refractivity contribution in [2.24, 2.45) is 5.92 Å². The number of halogens is 4. The van der Waals surface area contributed by atoms with Gasteiger partial charge in [0.15, 0.2) is 0 Å². The molecule has 0 aromatic heterocycles. The lowest BCUT2D eigenvalue weighted by molar-refractivity contribution is -0.141. The number of rotatable bonds is 2. The van der Waals surface area contributed by atoms with Gasteiger partial charge in [-0.15, -0.1) is 0 Å². The largest absolute Gasteiger partial charge is 0.481 e. The minimum Gasteiger partial charge on any atom is -0.481 e. The van der Waals surface area contributed by atoms with Crippen LogP contribution < -0.4 is 4.90 Å². The van der Waals surface area contributed by atoms with Crippen LogP contribution in [0.1, 0.15) is 18.9 Å². The lowest BCUT2D eigenvalue weighted by atomic mass is 10.0. The Morgan fingerprint density at radius 2 is 2.10 bits per heavy atom. The molecule has 0 radical (unpaired) electrons. The highest BCUT2D eigenvalue weighted by molar-refractivity contribution is 9.10.